The monoisotopic (exact) mass is 277 g/mol. The van der Waals surface area contributed by atoms with Gasteiger partial charge in [-0.2, -0.15) is 11.8 Å². The van der Waals surface area contributed by atoms with Gasteiger partial charge in [-0.3, -0.25) is 4.90 Å². The molecule has 0 radical (unpaired) electrons. The molecule has 0 aliphatic heterocycles. The lowest BCUT2D eigenvalue weighted by atomic mass is 10.2. The van der Waals surface area contributed by atoms with Crippen molar-refractivity contribution in [2.45, 2.75) is 18.7 Å². The van der Waals surface area contributed by atoms with Crippen LogP contribution in [0.2, 0.25) is 0 Å². The van der Waals surface area contributed by atoms with Gasteiger partial charge in [0.2, 0.25) is 0 Å². The van der Waals surface area contributed by atoms with Gasteiger partial charge in [0.05, 0.1) is 11.8 Å². The fourth-order valence-corrected chi connectivity index (χ4v) is 2.47. The van der Waals surface area contributed by atoms with Crippen LogP contribution >= 0.6 is 11.8 Å². The molecule has 1 atom stereocenters. The Bertz CT molecular complexity index is 401. The maximum absolute atomic E-state index is 5.91. The highest BCUT2D eigenvalue weighted by Crippen LogP contribution is 2.25. The summed E-state index contributed by atoms with van der Waals surface area (Å²) in [4.78, 5) is 2.21. The normalized spacial score (nSPS) is 12.3. The molecular formula is C16H23NOS. The Labute approximate surface area is 120 Å². The quantitative estimate of drug-likeness (QED) is 0.588. The van der Waals surface area contributed by atoms with Crippen molar-refractivity contribution in [2.24, 2.45) is 0 Å². The second kappa shape index (κ2) is 8.83. The Hall–Kier alpha value is -1.19. The third-order valence-electron chi connectivity index (χ3n) is 2.77. The summed E-state index contributed by atoms with van der Waals surface area (Å²) in [5, 5.41) is 0. The van der Waals surface area contributed by atoms with Gasteiger partial charge >= 0.3 is 0 Å². The van der Waals surface area contributed by atoms with E-state index >= 15 is 0 Å². The van der Waals surface area contributed by atoms with Crippen LogP contribution in [0.15, 0.2) is 54.5 Å². The van der Waals surface area contributed by atoms with Gasteiger partial charge in [-0.05, 0) is 17.9 Å². The minimum absolute atomic E-state index is 0.0661. The van der Waals surface area contributed by atoms with Gasteiger partial charge in [0.15, 0.2) is 0 Å². The van der Waals surface area contributed by atoms with Crippen LogP contribution in [0.4, 0.5) is 0 Å². The molecule has 104 valence electrons. The number of nitrogens with zero attached hydrogens (tertiary/aromatic N) is 1. The summed E-state index contributed by atoms with van der Waals surface area (Å²) in [5.41, 5.74) is 0. The van der Waals surface area contributed by atoms with E-state index in [2.05, 4.69) is 37.6 Å². The smallest absolute Gasteiger partial charge is 0.125 e. The zero-order valence-corrected chi connectivity index (χ0v) is 12.5. The fourth-order valence-electron chi connectivity index (χ4n) is 1.91. The van der Waals surface area contributed by atoms with Crippen LogP contribution in [0.25, 0.3) is 0 Å². The van der Waals surface area contributed by atoms with Crippen LogP contribution in [0.1, 0.15) is 24.5 Å². The highest BCUT2D eigenvalue weighted by atomic mass is 32.2. The largest absolute Gasteiger partial charge is 0.463 e. The Kier molecular flexibility index (Phi) is 7.38. The molecule has 19 heavy (non-hydrogen) atoms. The van der Waals surface area contributed by atoms with E-state index < -0.39 is 0 Å². The number of furan rings is 1. The maximum atomic E-state index is 5.91. The molecule has 1 rings (SSSR count). The SMILES string of the molecule is C=CCN(CC=C)C(C=C)c1ccc(CSCC)o1. The highest BCUT2D eigenvalue weighted by molar-refractivity contribution is 7.98. The third-order valence-corrected chi connectivity index (χ3v) is 3.66. The Balaban J connectivity index is 2.81. The van der Waals surface area contributed by atoms with Gasteiger partial charge in [0, 0.05) is 13.1 Å². The second-order valence-corrected chi connectivity index (χ2v) is 5.43. The molecule has 0 aromatic carbocycles. The zero-order chi connectivity index (χ0) is 14.1. The molecule has 0 aliphatic carbocycles. The molecule has 1 aromatic heterocycles. The average molecular weight is 277 g/mol. The molecule has 0 N–H and O–H groups in total. The van der Waals surface area contributed by atoms with Crippen molar-refractivity contribution in [2.75, 3.05) is 18.8 Å². The van der Waals surface area contributed by atoms with Crippen molar-refractivity contribution in [1.82, 2.24) is 4.90 Å². The Morgan fingerprint density at radius 1 is 1.26 bits per heavy atom. The molecule has 0 fully saturated rings. The highest BCUT2D eigenvalue weighted by Gasteiger charge is 2.18. The van der Waals surface area contributed by atoms with Gasteiger partial charge < -0.3 is 4.42 Å². The first-order chi connectivity index (χ1) is 9.26. The lowest BCUT2D eigenvalue weighted by Gasteiger charge is -2.25. The molecule has 1 heterocycles. The molecule has 1 unspecified atom stereocenters. The van der Waals surface area contributed by atoms with Crippen LogP contribution in [-0.4, -0.2) is 23.7 Å². The second-order valence-electron chi connectivity index (χ2n) is 4.15. The minimum atomic E-state index is 0.0661. The molecule has 2 nitrogen and oxygen atoms in total. The summed E-state index contributed by atoms with van der Waals surface area (Å²) < 4.78 is 5.91. The number of thioether (sulfide) groups is 1. The predicted molar refractivity (Wildman–Crippen MR) is 85.4 cm³/mol. The summed E-state index contributed by atoms with van der Waals surface area (Å²) in [7, 11) is 0. The predicted octanol–water partition coefficient (Wildman–Crippen LogP) is 4.43. The summed E-state index contributed by atoms with van der Waals surface area (Å²) in [6.07, 6.45) is 5.68. The van der Waals surface area contributed by atoms with Gasteiger partial charge in [-0.1, -0.05) is 25.2 Å². The van der Waals surface area contributed by atoms with Crippen LogP contribution < -0.4 is 0 Å². The van der Waals surface area contributed by atoms with E-state index in [0.717, 1.165) is 36.1 Å². The molecule has 0 bridgehead atoms. The van der Waals surface area contributed by atoms with Crippen molar-refractivity contribution in [1.29, 1.82) is 0 Å². The van der Waals surface area contributed by atoms with E-state index in [1.54, 1.807) is 0 Å². The topological polar surface area (TPSA) is 16.4 Å². The summed E-state index contributed by atoms with van der Waals surface area (Å²) in [6, 6.07) is 4.15. The van der Waals surface area contributed by atoms with Crippen molar-refractivity contribution in [3.63, 3.8) is 0 Å². The van der Waals surface area contributed by atoms with Gasteiger partial charge in [0.1, 0.15) is 11.5 Å². The van der Waals surface area contributed by atoms with E-state index in [0.29, 0.717) is 0 Å². The Morgan fingerprint density at radius 3 is 2.47 bits per heavy atom. The van der Waals surface area contributed by atoms with Crippen molar-refractivity contribution in [3.8, 4) is 0 Å². The summed E-state index contributed by atoms with van der Waals surface area (Å²) >= 11 is 1.86. The van der Waals surface area contributed by atoms with E-state index in [9.17, 15) is 0 Å². The number of hydrogen-bond donors (Lipinski definition) is 0. The lowest BCUT2D eigenvalue weighted by Crippen LogP contribution is -2.27. The minimum Gasteiger partial charge on any atom is -0.463 e. The molecule has 0 spiro atoms. The lowest BCUT2D eigenvalue weighted by molar-refractivity contribution is 0.251. The van der Waals surface area contributed by atoms with Crippen molar-refractivity contribution >= 4 is 11.8 Å². The summed E-state index contributed by atoms with van der Waals surface area (Å²) in [5.74, 6) is 3.97. The number of hydrogen-bond acceptors (Lipinski definition) is 3. The molecule has 3 heteroatoms. The molecule has 0 saturated carbocycles. The first-order valence-electron chi connectivity index (χ1n) is 6.51. The van der Waals surface area contributed by atoms with Crippen LogP contribution in [0.3, 0.4) is 0 Å². The number of rotatable bonds is 10. The van der Waals surface area contributed by atoms with Gasteiger partial charge in [-0.15, -0.1) is 19.7 Å². The van der Waals surface area contributed by atoms with Gasteiger partial charge in [0.25, 0.3) is 0 Å². The van der Waals surface area contributed by atoms with Crippen LogP contribution in [0.5, 0.6) is 0 Å². The molecule has 0 aliphatic rings. The summed E-state index contributed by atoms with van der Waals surface area (Å²) in [6.45, 7) is 15.2. The van der Waals surface area contributed by atoms with E-state index in [-0.39, 0.29) is 6.04 Å². The van der Waals surface area contributed by atoms with E-state index in [1.807, 2.05) is 36.1 Å². The Morgan fingerprint density at radius 2 is 1.95 bits per heavy atom. The first-order valence-corrected chi connectivity index (χ1v) is 7.67. The van der Waals surface area contributed by atoms with Crippen molar-refractivity contribution in [3.05, 3.63) is 61.6 Å². The van der Waals surface area contributed by atoms with Crippen molar-refractivity contribution < 1.29 is 4.42 Å². The zero-order valence-electron chi connectivity index (χ0n) is 11.7. The fraction of sp³-hybridized carbons (Fsp3) is 0.375. The molecule has 0 saturated heterocycles. The van der Waals surface area contributed by atoms with Crippen LogP contribution in [0, 0.1) is 0 Å². The third kappa shape index (κ3) is 4.77. The van der Waals surface area contributed by atoms with E-state index in [1.165, 1.54) is 0 Å². The van der Waals surface area contributed by atoms with E-state index in [4.69, 9.17) is 4.42 Å². The van der Waals surface area contributed by atoms with Gasteiger partial charge in [-0.25, -0.2) is 0 Å². The molecule has 0 amide bonds. The molecule has 1 aromatic rings. The van der Waals surface area contributed by atoms with Crippen LogP contribution in [-0.2, 0) is 5.75 Å². The standard InChI is InChI=1S/C16H23NOS/c1-5-11-17(12-6-2)15(7-3)16-10-9-14(18-16)13-19-8-4/h5-7,9-10,15H,1-3,8,11-13H2,4H3. The molecular weight excluding hydrogens is 254 g/mol. The maximum Gasteiger partial charge on any atom is 0.125 e. The average Bonchev–Trinajstić information content (AvgIpc) is 2.86. The first kappa shape index (κ1) is 15.9.